The summed E-state index contributed by atoms with van der Waals surface area (Å²) in [5.41, 5.74) is 0. The Morgan fingerprint density at radius 1 is 1.21 bits per heavy atom. The summed E-state index contributed by atoms with van der Waals surface area (Å²) in [5, 5.41) is 0. The summed E-state index contributed by atoms with van der Waals surface area (Å²) in [6.07, 6.45) is 2.19. The molecule has 0 unspecified atom stereocenters. The second kappa shape index (κ2) is 5.38. The second-order valence-electron chi connectivity index (χ2n) is 4.76. The molecule has 1 fully saturated rings. The molecule has 1 aromatic carbocycles. The molecule has 106 valence electrons. The molecule has 6 heteroatoms. The van der Waals surface area contributed by atoms with Gasteiger partial charge in [-0.05, 0) is 37.8 Å². The largest absolute Gasteiger partial charge is 0.493 e. The minimum Gasteiger partial charge on any atom is -0.493 e. The zero-order valence-corrected chi connectivity index (χ0v) is 12.2. The lowest BCUT2D eigenvalue weighted by atomic mass is 10.2. The van der Waals surface area contributed by atoms with Crippen molar-refractivity contribution in [2.75, 3.05) is 14.2 Å². The van der Waals surface area contributed by atoms with E-state index in [1.165, 1.54) is 26.4 Å². The average molecular weight is 285 g/mol. The van der Waals surface area contributed by atoms with Gasteiger partial charge in [-0.25, -0.2) is 13.1 Å². The van der Waals surface area contributed by atoms with Crippen molar-refractivity contribution in [1.82, 2.24) is 4.72 Å². The highest BCUT2D eigenvalue weighted by Crippen LogP contribution is 2.34. The fourth-order valence-electron chi connectivity index (χ4n) is 1.99. The van der Waals surface area contributed by atoms with Crippen LogP contribution < -0.4 is 14.2 Å². The van der Waals surface area contributed by atoms with Gasteiger partial charge in [-0.3, -0.25) is 0 Å². The Hall–Kier alpha value is -1.27. The van der Waals surface area contributed by atoms with E-state index in [9.17, 15) is 8.42 Å². The van der Waals surface area contributed by atoms with Crippen LogP contribution in [-0.4, -0.2) is 28.7 Å². The summed E-state index contributed by atoms with van der Waals surface area (Å²) in [6, 6.07) is 4.55. The van der Waals surface area contributed by atoms with Gasteiger partial charge in [0.25, 0.3) is 0 Å². The maximum Gasteiger partial charge on any atom is 0.240 e. The summed E-state index contributed by atoms with van der Waals surface area (Å²) in [5.74, 6) is 1.39. The first-order chi connectivity index (χ1) is 8.97. The molecule has 1 aliphatic carbocycles. The number of sulfonamides is 1. The second-order valence-corrected chi connectivity index (χ2v) is 6.48. The fraction of sp³-hybridized carbons (Fsp3) is 0.538. The van der Waals surface area contributed by atoms with Gasteiger partial charge in [0.1, 0.15) is 0 Å². The van der Waals surface area contributed by atoms with E-state index in [-0.39, 0.29) is 10.9 Å². The van der Waals surface area contributed by atoms with Crippen molar-refractivity contribution < 1.29 is 17.9 Å². The van der Waals surface area contributed by atoms with Gasteiger partial charge < -0.3 is 9.47 Å². The highest BCUT2D eigenvalue weighted by molar-refractivity contribution is 7.89. The summed E-state index contributed by atoms with van der Waals surface area (Å²) < 4.78 is 37.4. The molecule has 1 saturated carbocycles. The third kappa shape index (κ3) is 3.19. The van der Waals surface area contributed by atoms with Crippen molar-refractivity contribution >= 4 is 10.0 Å². The van der Waals surface area contributed by atoms with E-state index in [4.69, 9.17) is 9.47 Å². The molecule has 2 rings (SSSR count). The number of ether oxygens (including phenoxy) is 2. The first-order valence-corrected chi connectivity index (χ1v) is 7.70. The Bertz CT molecular complexity index is 552. The van der Waals surface area contributed by atoms with Gasteiger partial charge in [0.15, 0.2) is 11.5 Å². The SMILES string of the molecule is COc1ccc(S(=O)(=O)N[C@H](C)C2CC2)cc1OC. The molecule has 0 heterocycles. The Morgan fingerprint density at radius 3 is 2.37 bits per heavy atom. The maximum atomic E-state index is 12.2. The Labute approximate surface area is 114 Å². The fourth-order valence-corrected chi connectivity index (χ4v) is 3.32. The topological polar surface area (TPSA) is 64.6 Å². The van der Waals surface area contributed by atoms with Crippen molar-refractivity contribution in [3.8, 4) is 11.5 Å². The van der Waals surface area contributed by atoms with E-state index in [1.807, 2.05) is 6.92 Å². The number of rotatable bonds is 6. The molecule has 0 spiro atoms. The Morgan fingerprint density at radius 2 is 1.84 bits per heavy atom. The van der Waals surface area contributed by atoms with E-state index in [1.54, 1.807) is 6.07 Å². The predicted molar refractivity (Wildman–Crippen MR) is 72.1 cm³/mol. The maximum absolute atomic E-state index is 12.2. The van der Waals surface area contributed by atoms with E-state index in [0.29, 0.717) is 17.4 Å². The van der Waals surface area contributed by atoms with Crippen LogP contribution >= 0.6 is 0 Å². The molecule has 5 nitrogen and oxygen atoms in total. The summed E-state index contributed by atoms with van der Waals surface area (Å²) in [7, 11) is -0.514. The standard InChI is InChI=1S/C13H19NO4S/c1-9(10-4-5-10)14-19(15,16)11-6-7-12(17-2)13(8-11)18-3/h6-10,14H,4-5H2,1-3H3/t9-/m1/s1. The number of hydrogen-bond donors (Lipinski definition) is 1. The van der Waals surface area contributed by atoms with Gasteiger partial charge in [0.05, 0.1) is 19.1 Å². The molecule has 1 atom stereocenters. The predicted octanol–water partition coefficient (Wildman–Crippen LogP) is 1.78. The van der Waals surface area contributed by atoms with Crippen LogP contribution in [0.1, 0.15) is 19.8 Å². The van der Waals surface area contributed by atoms with Crippen molar-refractivity contribution in [1.29, 1.82) is 0 Å². The summed E-state index contributed by atoms with van der Waals surface area (Å²) in [6.45, 7) is 1.90. The lowest BCUT2D eigenvalue weighted by molar-refractivity contribution is 0.354. The van der Waals surface area contributed by atoms with Crippen LogP contribution in [0.4, 0.5) is 0 Å². The van der Waals surface area contributed by atoms with Crippen LogP contribution in [-0.2, 0) is 10.0 Å². The number of hydrogen-bond acceptors (Lipinski definition) is 4. The molecule has 1 N–H and O–H groups in total. The van der Waals surface area contributed by atoms with Crippen LogP contribution in [0.15, 0.2) is 23.1 Å². The van der Waals surface area contributed by atoms with Crippen molar-refractivity contribution in [3.63, 3.8) is 0 Å². The molecule has 19 heavy (non-hydrogen) atoms. The molecule has 0 bridgehead atoms. The average Bonchev–Trinajstić information content (AvgIpc) is 3.21. The van der Waals surface area contributed by atoms with E-state index >= 15 is 0 Å². The molecule has 0 aliphatic heterocycles. The van der Waals surface area contributed by atoms with E-state index in [0.717, 1.165) is 12.8 Å². The summed E-state index contributed by atoms with van der Waals surface area (Å²) >= 11 is 0. The molecule has 1 aromatic rings. The third-order valence-electron chi connectivity index (χ3n) is 3.34. The van der Waals surface area contributed by atoms with Crippen molar-refractivity contribution in [3.05, 3.63) is 18.2 Å². The number of methoxy groups -OCH3 is 2. The van der Waals surface area contributed by atoms with Gasteiger partial charge in [-0.15, -0.1) is 0 Å². The van der Waals surface area contributed by atoms with E-state index in [2.05, 4.69) is 4.72 Å². The Kier molecular flexibility index (Phi) is 4.01. The van der Waals surface area contributed by atoms with Crippen LogP contribution in [0.5, 0.6) is 11.5 Å². The molecular weight excluding hydrogens is 266 g/mol. The van der Waals surface area contributed by atoms with Gasteiger partial charge in [0.2, 0.25) is 10.0 Å². The van der Waals surface area contributed by atoms with Crippen LogP contribution in [0.25, 0.3) is 0 Å². The minimum absolute atomic E-state index is 0.0295. The molecular formula is C13H19NO4S. The quantitative estimate of drug-likeness (QED) is 0.865. The molecule has 0 aromatic heterocycles. The van der Waals surface area contributed by atoms with Crippen molar-refractivity contribution in [2.45, 2.75) is 30.7 Å². The van der Waals surface area contributed by atoms with Crippen LogP contribution in [0, 0.1) is 5.92 Å². The molecule has 0 radical (unpaired) electrons. The van der Waals surface area contributed by atoms with Crippen LogP contribution in [0.3, 0.4) is 0 Å². The zero-order chi connectivity index (χ0) is 14.0. The molecule has 0 amide bonds. The third-order valence-corrected chi connectivity index (χ3v) is 4.89. The molecule has 1 aliphatic rings. The van der Waals surface area contributed by atoms with Crippen LogP contribution in [0.2, 0.25) is 0 Å². The minimum atomic E-state index is -3.51. The van der Waals surface area contributed by atoms with E-state index < -0.39 is 10.0 Å². The van der Waals surface area contributed by atoms with Gasteiger partial charge in [0, 0.05) is 12.1 Å². The summed E-state index contributed by atoms with van der Waals surface area (Å²) in [4.78, 5) is 0.192. The van der Waals surface area contributed by atoms with Crippen molar-refractivity contribution in [2.24, 2.45) is 5.92 Å². The number of benzene rings is 1. The first-order valence-electron chi connectivity index (χ1n) is 6.22. The van der Waals surface area contributed by atoms with Gasteiger partial charge in [-0.1, -0.05) is 0 Å². The highest BCUT2D eigenvalue weighted by atomic mass is 32.2. The monoisotopic (exact) mass is 285 g/mol. The normalized spacial score (nSPS) is 17.0. The smallest absolute Gasteiger partial charge is 0.240 e. The first kappa shape index (κ1) is 14.1. The lowest BCUT2D eigenvalue weighted by Gasteiger charge is -2.14. The van der Waals surface area contributed by atoms with Gasteiger partial charge in [-0.2, -0.15) is 0 Å². The lowest BCUT2D eigenvalue weighted by Crippen LogP contribution is -2.34. The number of nitrogens with one attached hydrogen (secondary N) is 1. The molecule has 0 saturated heterocycles. The highest BCUT2D eigenvalue weighted by Gasteiger charge is 2.31. The Balaban J connectivity index is 2.24. The zero-order valence-electron chi connectivity index (χ0n) is 11.3. The van der Waals surface area contributed by atoms with Gasteiger partial charge >= 0.3 is 0 Å².